The van der Waals surface area contributed by atoms with Gasteiger partial charge in [-0.25, -0.2) is 0 Å². The molecule has 0 aromatic carbocycles. The first-order valence-electron chi connectivity index (χ1n) is 3.71. The van der Waals surface area contributed by atoms with Gasteiger partial charge in [0.2, 0.25) is 0 Å². The van der Waals surface area contributed by atoms with Crippen LogP contribution in [0.3, 0.4) is 0 Å². The van der Waals surface area contributed by atoms with Gasteiger partial charge in [-0.05, 0) is 12.8 Å². The van der Waals surface area contributed by atoms with Crippen molar-refractivity contribution >= 4 is 26.9 Å². The number of hydrogen-bond donors (Lipinski definition) is 1. The molecular weight excluding hydrogens is 256 g/mol. The van der Waals surface area contributed by atoms with Gasteiger partial charge in [-0.3, -0.25) is 0 Å². The minimum atomic E-state index is -3.94. The topological polar surface area (TPSA) is 99.7 Å². The molecule has 1 radical (unpaired) electrons. The quantitative estimate of drug-likeness (QED) is 0.606. The molecule has 0 spiro atoms. The predicted octanol–water partition coefficient (Wildman–Crippen LogP) is 0.818. The van der Waals surface area contributed by atoms with Gasteiger partial charge in [0.05, 0.1) is 0 Å². The minimum Gasteiger partial charge on any atom is -0.369 e. The molecule has 0 rings (SSSR count). The molecule has 6 heteroatoms. The van der Waals surface area contributed by atoms with E-state index in [2.05, 4.69) is 6.92 Å². The van der Waals surface area contributed by atoms with Crippen LogP contribution in [-0.2, 0) is 3.74 Å². The molecular formula is C7H17AsClNO3-. The van der Waals surface area contributed by atoms with Crippen LogP contribution in [0, 0.1) is 0 Å². The molecule has 0 heterocycles. The second kappa shape index (κ2) is 18.1. The Bertz CT molecular complexity index is 129. The predicted molar refractivity (Wildman–Crippen MR) is 51.6 cm³/mol. The van der Waals surface area contributed by atoms with Crippen LogP contribution < -0.4 is 14.3 Å². The second-order valence-electron chi connectivity index (χ2n) is 2.08. The van der Waals surface area contributed by atoms with Crippen molar-refractivity contribution in [2.75, 3.05) is 0 Å². The third-order valence-electron chi connectivity index (χ3n) is 1.06. The molecule has 0 saturated carbocycles. The van der Waals surface area contributed by atoms with Gasteiger partial charge >= 0.3 is 27.2 Å². The molecule has 4 N–H and O–H groups in total. The molecule has 0 aliphatic heterocycles. The van der Waals surface area contributed by atoms with E-state index in [0.29, 0.717) is 0 Å². The third-order valence-corrected chi connectivity index (χ3v) is 1.24. The summed E-state index contributed by atoms with van der Waals surface area (Å²) in [5.74, 6) is 0. The summed E-state index contributed by atoms with van der Waals surface area (Å²) < 4.78 is 25.7. The zero-order valence-corrected chi connectivity index (χ0v) is 10.7. The monoisotopic (exact) mass is 273 g/mol. The van der Waals surface area contributed by atoms with E-state index in [-0.39, 0.29) is 6.15 Å². The maximum absolute atomic E-state index is 8.56. The summed E-state index contributed by atoms with van der Waals surface area (Å²) in [6.45, 7) is 2.20. The van der Waals surface area contributed by atoms with E-state index in [9.17, 15) is 0 Å². The Balaban J connectivity index is -0.000000173. The van der Waals surface area contributed by atoms with Crippen molar-refractivity contribution in [1.29, 1.82) is 0 Å². The fraction of sp³-hybridized carbons (Fsp3) is 0.714. The Morgan fingerprint density at radius 1 is 1.38 bits per heavy atom. The van der Waals surface area contributed by atoms with E-state index in [1.165, 1.54) is 19.3 Å². The SMILES string of the molecule is CCCCC/C=C/Cl.O=[As]([O-])[O-].[NH4+]. The van der Waals surface area contributed by atoms with E-state index in [4.69, 9.17) is 23.5 Å². The Labute approximate surface area is 89.4 Å². The molecule has 0 unspecified atom stereocenters. The number of unbranched alkanes of at least 4 members (excludes halogenated alkanes) is 3. The first kappa shape index (κ1) is 18.9. The van der Waals surface area contributed by atoms with Gasteiger partial charge in [-0.1, -0.05) is 37.4 Å². The Hall–Kier alpha value is 0.268. The van der Waals surface area contributed by atoms with Gasteiger partial charge in [0.15, 0.2) is 0 Å². The van der Waals surface area contributed by atoms with Crippen molar-refractivity contribution in [3.05, 3.63) is 11.6 Å². The van der Waals surface area contributed by atoms with Crippen LogP contribution in [0.15, 0.2) is 11.6 Å². The minimum absolute atomic E-state index is 0. The zero-order chi connectivity index (χ0) is 9.82. The van der Waals surface area contributed by atoms with Gasteiger partial charge in [-0.15, -0.1) is 0 Å². The van der Waals surface area contributed by atoms with Crippen molar-refractivity contribution in [3.8, 4) is 0 Å². The van der Waals surface area contributed by atoms with Crippen molar-refractivity contribution in [1.82, 2.24) is 6.15 Å². The average Bonchev–Trinajstić information content (AvgIpc) is 1.97. The van der Waals surface area contributed by atoms with E-state index < -0.39 is 15.3 Å². The summed E-state index contributed by atoms with van der Waals surface area (Å²) in [6, 6.07) is 0. The standard InChI is InChI=1S/C7H13Cl.AsO3.H3N/c1-2-3-4-5-6-7-8;2-1(3)4;/h6-7H,2-5H2,1H3;;1H3/q;-2;/p+1/b7-6+;;. The Morgan fingerprint density at radius 2 is 1.85 bits per heavy atom. The molecule has 0 fully saturated rings. The van der Waals surface area contributed by atoms with E-state index in [1.54, 1.807) is 5.54 Å². The molecule has 0 atom stereocenters. The summed E-state index contributed by atoms with van der Waals surface area (Å²) in [5, 5.41) is 0. The number of rotatable bonds is 4. The van der Waals surface area contributed by atoms with Gasteiger partial charge in [0.25, 0.3) is 0 Å². The summed E-state index contributed by atoms with van der Waals surface area (Å²) >= 11 is 1.36. The number of hydrogen-bond acceptors (Lipinski definition) is 3. The molecule has 0 bridgehead atoms. The first-order chi connectivity index (χ1) is 5.65. The summed E-state index contributed by atoms with van der Waals surface area (Å²) in [7, 11) is 0. The Morgan fingerprint density at radius 3 is 2.15 bits per heavy atom. The first-order valence-corrected chi connectivity index (χ1v) is 6.45. The molecule has 81 valence electrons. The average molecular weight is 274 g/mol. The van der Waals surface area contributed by atoms with Crippen molar-refractivity contribution in [2.45, 2.75) is 32.6 Å². The van der Waals surface area contributed by atoms with Crippen molar-refractivity contribution < 1.29 is 11.9 Å². The molecule has 0 aliphatic carbocycles. The molecule has 0 aromatic heterocycles. The normalized spacial score (nSPS) is 8.62. The fourth-order valence-corrected chi connectivity index (χ4v) is 0.701. The van der Waals surface area contributed by atoms with Gasteiger partial charge in [-0.2, -0.15) is 0 Å². The van der Waals surface area contributed by atoms with Gasteiger partial charge < -0.3 is 6.15 Å². The fourth-order valence-electron chi connectivity index (χ4n) is 0.575. The third kappa shape index (κ3) is 46.6. The van der Waals surface area contributed by atoms with Crippen LogP contribution in [0.1, 0.15) is 32.6 Å². The maximum atomic E-state index is 8.56. The molecule has 13 heavy (non-hydrogen) atoms. The van der Waals surface area contributed by atoms with Crippen LogP contribution in [-0.4, -0.2) is 15.3 Å². The van der Waals surface area contributed by atoms with Gasteiger partial charge in [0, 0.05) is 5.54 Å². The van der Waals surface area contributed by atoms with E-state index >= 15 is 0 Å². The van der Waals surface area contributed by atoms with Crippen LogP contribution in [0.2, 0.25) is 0 Å². The smallest absolute Gasteiger partial charge is 0.369 e. The van der Waals surface area contributed by atoms with Crippen LogP contribution in [0.4, 0.5) is 0 Å². The number of quaternary nitrogens is 1. The van der Waals surface area contributed by atoms with Crippen LogP contribution in [0.5, 0.6) is 0 Å². The zero-order valence-electron chi connectivity index (χ0n) is 8.03. The summed E-state index contributed by atoms with van der Waals surface area (Å²) in [4.78, 5) is 0. The van der Waals surface area contributed by atoms with Crippen LogP contribution >= 0.6 is 11.6 Å². The molecule has 4 nitrogen and oxygen atoms in total. The summed E-state index contributed by atoms with van der Waals surface area (Å²) in [6.07, 6.45) is 7.02. The van der Waals surface area contributed by atoms with Crippen molar-refractivity contribution in [2.24, 2.45) is 0 Å². The second-order valence-corrected chi connectivity index (χ2v) is 3.27. The largest absolute Gasteiger partial charge is 0.369 e. The van der Waals surface area contributed by atoms with Gasteiger partial charge in [0.1, 0.15) is 0 Å². The number of allylic oxidation sites excluding steroid dienone is 1. The van der Waals surface area contributed by atoms with E-state index in [0.717, 1.165) is 6.42 Å². The maximum Gasteiger partial charge on any atom is -0.369 e. The molecule has 0 aromatic rings. The number of halogens is 1. The Kier molecular flexibility index (Phi) is 26.4. The molecule has 0 aliphatic rings. The summed E-state index contributed by atoms with van der Waals surface area (Å²) in [5.41, 5.74) is 1.59. The van der Waals surface area contributed by atoms with Crippen LogP contribution in [0.25, 0.3) is 0 Å². The van der Waals surface area contributed by atoms with Crippen molar-refractivity contribution in [3.63, 3.8) is 0 Å². The molecule has 0 saturated heterocycles. The molecule has 0 amide bonds. The van der Waals surface area contributed by atoms with E-state index in [1.807, 2.05) is 6.08 Å².